The minimum Gasteiger partial charge on any atom is -0.598 e. The lowest BCUT2D eigenvalue weighted by Crippen LogP contribution is -2.40. The molecule has 5 heteroatoms. The number of rotatable bonds is 4. The highest BCUT2D eigenvalue weighted by molar-refractivity contribution is 7.90. The number of nitrogens with one attached hydrogen (secondary N) is 1. The molecule has 0 amide bonds. The van der Waals surface area contributed by atoms with Crippen LogP contribution in [0, 0.1) is 0 Å². The summed E-state index contributed by atoms with van der Waals surface area (Å²) >= 11 is -1.07. The summed E-state index contributed by atoms with van der Waals surface area (Å²) in [6, 6.07) is 7.03. The van der Waals surface area contributed by atoms with Gasteiger partial charge >= 0.3 is 0 Å². The van der Waals surface area contributed by atoms with Gasteiger partial charge in [0.25, 0.3) is 0 Å². The van der Waals surface area contributed by atoms with Crippen LogP contribution < -0.4 is 4.72 Å². The Kier molecular flexibility index (Phi) is 3.76. The molecule has 21 heavy (non-hydrogen) atoms. The van der Waals surface area contributed by atoms with E-state index in [4.69, 9.17) is 0 Å². The molecule has 3 rings (SSSR count). The summed E-state index contributed by atoms with van der Waals surface area (Å²) in [5.41, 5.74) is 3.35. The maximum absolute atomic E-state index is 12.2. The first-order valence-corrected chi connectivity index (χ1v) is 8.66. The van der Waals surface area contributed by atoms with Gasteiger partial charge in [0.1, 0.15) is 4.75 Å². The second-order valence-electron chi connectivity index (χ2n) is 6.85. The third-order valence-corrected chi connectivity index (χ3v) is 5.56. The van der Waals surface area contributed by atoms with Gasteiger partial charge in [0, 0.05) is 17.4 Å². The van der Waals surface area contributed by atoms with Gasteiger partial charge in [-0.15, -0.1) is 4.72 Å². The normalized spacial score (nSPS) is 18.9. The smallest absolute Gasteiger partial charge is 0.136 e. The second-order valence-corrected chi connectivity index (χ2v) is 8.85. The van der Waals surface area contributed by atoms with E-state index >= 15 is 0 Å². The van der Waals surface area contributed by atoms with Crippen molar-refractivity contribution in [3.63, 3.8) is 0 Å². The first-order valence-electron chi connectivity index (χ1n) is 7.51. The molecule has 0 bridgehead atoms. The summed E-state index contributed by atoms with van der Waals surface area (Å²) in [5, 5.41) is 0. The maximum Gasteiger partial charge on any atom is 0.136 e. The molecular formula is C16H23N3OS. The Labute approximate surface area is 129 Å². The van der Waals surface area contributed by atoms with Gasteiger partial charge in [0.2, 0.25) is 0 Å². The van der Waals surface area contributed by atoms with Crippen LogP contribution in [0.1, 0.15) is 58.2 Å². The Morgan fingerprint density at radius 2 is 2.10 bits per heavy atom. The number of imidazole rings is 1. The Hall–Kier alpha value is -1.04. The minimum absolute atomic E-state index is 0.0422. The van der Waals surface area contributed by atoms with Gasteiger partial charge in [-0.25, -0.2) is 4.98 Å². The molecule has 2 aromatic rings. The van der Waals surface area contributed by atoms with Crippen LogP contribution in [0.15, 0.2) is 24.5 Å². The maximum atomic E-state index is 12.2. The Bertz CT molecular complexity index is 642. The highest BCUT2D eigenvalue weighted by atomic mass is 32.2. The predicted molar refractivity (Wildman–Crippen MR) is 87.5 cm³/mol. The van der Waals surface area contributed by atoms with E-state index in [9.17, 15) is 4.55 Å². The van der Waals surface area contributed by atoms with Crippen molar-refractivity contribution in [1.82, 2.24) is 14.3 Å². The van der Waals surface area contributed by atoms with Crippen LogP contribution in [-0.2, 0) is 11.4 Å². The third-order valence-electron chi connectivity index (χ3n) is 3.88. The van der Waals surface area contributed by atoms with Gasteiger partial charge < -0.3 is 9.12 Å². The molecule has 0 saturated heterocycles. The largest absolute Gasteiger partial charge is 0.598 e. The quantitative estimate of drug-likeness (QED) is 0.880. The zero-order chi connectivity index (χ0) is 15.2. The fourth-order valence-electron chi connectivity index (χ4n) is 2.37. The minimum atomic E-state index is -1.07. The average Bonchev–Trinajstić information content (AvgIpc) is 3.17. The monoisotopic (exact) mass is 305 g/mol. The summed E-state index contributed by atoms with van der Waals surface area (Å²) in [6.07, 6.45) is 4.46. The molecule has 1 aliphatic rings. The third kappa shape index (κ3) is 3.10. The van der Waals surface area contributed by atoms with E-state index in [1.807, 2.05) is 34.0 Å². The van der Waals surface area contributed by atoms with Crippen molar-refractivity contribution in [2.45, 2.75) is 57.4 Å². The Balaban J connectivity index is 1.80. The van der Waals surface area contributed by atoms with E-state index in [-0.39, 0.29) is 10.8 Å². The molecule has 1 heterocycles. The number of nitrogens with zero attached hydrogens (tertiary/aromatic N) is 2. The SMILES string of the molecule is C[C@H](N[S@+]([O-])C(C)(C)C)c1ccc2c(c1)ncn2C1CC1. The summed E-state index contributed by atoms with van der Waals surface area (Å²) in [7, 11) is 0. The summed E-state index contributed by atoms with van der Waals surface area (Å²) in [6.45, 7) is 7.97. The van der Waals surface area contributed by atoms with E-state index in [0.29, 0.717) is 6.04 Å². The highest BCUT2D eigenvalue weighted by Crippen LogP contribution is 2.37. The summed E-state index contributed by atoms with van der Waals surface area (Å²) in [4.78, 5) is 4.51. The lowest BCUT2D eigenvalue weighted by molar-refractivity contribution is 0.531. The number of hydrogen-bond acceptors (Lipinski definition) is 3. The van der Waals surface area contributed by atoms with Crippen LogP contribution in [0.25, 0.3) is 11.0 Å². The van der Waals surface area contributed by atoms with Gasteiger partial charge in [0.05, 0.1) is 23.4 Å². The highest BCUT2D eigenvalue weighted by Gasteiger charge is 2.29. The standard InChI is InChI=1S/C16H23N3OS/c1-11(18-21(20)16(2,3)4)12-5-8-15-14(9-12)17-10-19(15)13-6-7-13/h5,8-11,13,18H,6-7H2,1-4H3/t11-,21+/m0/s1. The molecule has 1 aliphatic carbocycles. The van der Waals surface area contributed by atoms with E-state index in [1.165, 1.54) is 18.4 Å². The van der Waals surface area contributed by atoms with Gasteiger partial charge in [-0.1, -0.05) is 6.07 Å². The molecule has 1 fully saturated rings. The van der Waals surface area contributed by atoms with E-state index in [0.717, 1.165) is 11.1 Å². The van der Waals surface area contributed by atoms with Gasteiger partial charge in [-0.2, -0.15) is 0 Å². The molecule has 1 aromatic carbocycles. The van der Waals surface area contributed by atoms with Crippen molar-refractivity contribution < 1.29 is 4.55 Å². The first-order chi connectivity index (χ1) is 9.86. The molecule has 0 unspecified atom stereocenters. The average molecular weight is 305 g/mol. The fourth-order valence-corrected chi connectivity index (χ4v) is 3.18. The summed E-state index contributed by atoms with van der Waals surface area (Å²) < 4.78 is 17.4. The molecule has 0 radical (unpaired) electrons. The van der Waals surface area contributed by atoms with E-state index in [2.05, 4.69) is 32.5 Å². The Morgan fingerprint density at radius 3 is 2.71 bits per heavy atom. The van der Waals surface area contributed by atoms with Gasteiger partial charge in [-0.05, 0) is 58.2 Å². The fraction of sp³-hybridized carbons (Fsp3) is 0.562. The molecule has 4 nitrogen and oxygen atoms in total. The molecular weight excluding hydrogens is 282 g/mol. The lowest BCUT2D eigenvalue weighted by atomic mass is 10.1. The van der Waals surface area contributed by atoms with Crippen LogP contribution in [-0.4, -0.2) is 18.9 Å². The number of fused-ring (bicyclic) bond motifs is 1. The van der Waals surface area contributed by atoms with Crippen LogP contribution >= 0.6 is 0 Å². The molecule has 114 valence electrons. The second kappa shape index (κ2) is 5.30. The lowest BCUT2D eigenvalue weighted by Gasteiger charge is -2.26. The molecule has 2 atom stereocenters. The topological polar surface area (TPSA) is 52.9 Å². The zero-order valence-corrected chi connectivity index (χ0v) is 13.9. The first kappa shape index (κ1) is 14.9. The van der Waals surface area contributed by atoms with Crippen molar-refractivity contribution in [3.05, 3.63) is 30.1 Å². The molecule has 0 aliphatic heterocycles. The van der Waals surface area contributed by atoms with Crippen molar-refractivity contribution in [2.75, 3.05) is 0 Å². The summed E-state index contributed by atoms with van der Waals surface area (Å²) in [5.74, 6) is 0. The van der Waals surface area contributed by atoms with Crippen molar-refractivity contribution in [1.29, 1.82) is 0 Å². The molecule has 1 aromatic heterocycles. The van der Waals surface area contributed by atoms with Crippen LogP contribution in [0.5, 0.6) is 0 Å². The molecule has 1 saturated carbocycles. The van der Waals surface area contributed by atoms with Gasteiger partial charge in [-0.3, -0.25) is 0 Å². The predicted octanol–water partition coefficient (Wildman–Crippen LogP) is 3.48. The zero-order valence-electron chi connectivity index (χ0n) is 13.1. The van der Waals surface area contributed by atoms with Crippen molar-refractivity contribution in [2.24, 2.45) is 0 Å². The van der Waals surface area contributed by atoms with Gasteiger partial charge in [0.15, 0.2) is 0 Å². The Morgan fingerprint density at radius 1 is 1.38 bits per heavy atom. The van der Waals surface area contributed by atoms with Crippen LogP contribution in [0.4, 0.5) is 0 Å². The van der Waals surface area contributed by atoms with Crippen LogP contribution in [0.3, 0.4) is 0 Å². The van der Waals surface area contributed by atoms with E-state index < -0.39 is 11.4 Å². The number of hydrogen-bond donors (Lipinski definition) is 1. The van der Waals surface area contributed by atoms with Crippen molar-refractivity contribution in [3.8, 4) is 0 Å². The molecule has 0 spiro atoms. The van der Waals surface area contributed by atoms with E-state index in [1.54, 1.807) is 0 Å². The number of aromatic nitrogens is 2. The molecule has 1 N–H and O–H groups in total. The van der Waals surface area contributed by atoms with Crippen LogP contribution in [0.2, 0.25) is 0 Å². The van der Waals surface area contributed by atoms with Crippen molar-refractivity contribution >= 4 is 22.4 Å². The number of benzene rings is 1.